The molecule has 0 spiro atoms. The minimum atomic E-state index is -4.37. The molecule has 112 valence electrons. The second-order valence-electron chi connectivity index (χ2n) is 4.91. The average molecular weight is 303 g/mol. The van der Waals surface area contributed by atoms with E-state index in [9.17, 15) is 13.2 Å². The summed E-state index contributed by atoms with van der Waals surface area (Å²) in [5, 5.41) is 7.97. The van der Waals surface area contributed by atoms with E-state index in [1.54, 1.807) is 16.9 Å². The van der Waals surface area contributed by atoms with Crippen molar-refractivity contribution in [3.8, 4) is 16.9 Å². The summed E-state index contributed by atoms with van der Waals surface area (Å²) in [4.78, 5) is 0. The molecule has 1 heterocycles. The fourth-order valence-corrected chi connectivity index (χ4v) is 2.19. The molecule has 0 aliphatic carbocycles. The Hall–Kier alpha value is -2.63. The first-order valence-electron chi connectivity index (χ1n) is 6.61. The molecule has 2 aromatic carbocycles. The molecule has 0 aliphatic rings. The molecule has 3 nitrogen and oxygen atoms in total. The highest BCUT2D eigenvalue weighted by atomic mass is 19.4. The van der Waals surface area contributed by atoms with Crippen molar-refractivity contribution in [3.63, 3.8) is 0 Å². The van der Waals surface area contributed by atoms with Crippen molar-refractivity contribution in [2.75, 3.05) is 0 Å². The van der Waals surface area contributed by atoms with Crippen LogP contribution >= 0.6 is 0 Å². The lowest BCUT2D eigenvalue weighted by atomic mass is 10.1. The van der Waals surface area contributed by atoms with Crippen LogP contribution in [0.2, 0.25) is 0 Å². The molecule has 0 fully saturated rings. The van der Waals surface area contributed by atoms with Crippen LogP contribution < -0.4 is 0 Å². The average Bonchev–Trinajstić information content (AvgIpc) is 2.97. The molecule has 0 radical (unpaired) electrons. The van der Waals surface area contributed by atoms with Gasteiger partial charge in [0, 0.05) is 5.56 Å². The normalized spacial score (nSPS) is 11.6. The smallest absolute Gasteiger partial charge is 0.220 e. The van der Waals surface area contributed by atoms with Gasteiger partial charge in [-0.25, -0.2) is 4.68 Å². The van der Waals surface area contributed by atoms with Gasteiger partial charge in [-0.1, -0.05) is 35.5 Å². The van der Waals surface area contributed by atoms with Crippen molar-refractivity contribution in [2.24, 2.45) is 0 Å². The Bertz CT molecular complexity index is 806. The molecule has 0 aliphatic heterocycles. The number of hydrogen-bond acceptors (Lipinski definition) is 2. The maximum Gasteiger partial charge on any atom is 0.416 e. The molecule has 0 amide bonds. The van der Waals surface area contributed by atoms with Gasteiger partial charge in [-0.15, -0.1) is 5.10 Å². The van der Waals surface area contributed by atoms with Crippen LogP contribution in [0.3, 0.4) is 0 Å². The van der Waals surface area contributed by atoms with Crippen molar-refractivity contribution in [2.45, 2.75) is 13.1 Å². The SMILES string of the molecule is Cc1ccccc1-n1cc(-c2cccc(C(F)(F)F)c2)nn1. The van der Waals surface area contributed by atoms with E-state index in [2.05, 4.69) is 10.3 Å². The van der Waals surface area contributed by atoms with E-state index in [0.29, 0.717) is 11.3 Å². The van der Waals surface area contributed by atoms with E-state index in [1.165, 1.54) is 6.07 Å². The van der Waals surface area contributed by atoms with Crippen LogP contribution in [-0.2, 0) is 6.18 Å². The number of hydrogen-bond donors (Lipinski definition) is 0. The Kier molecular flexibility index (Phi) is 3.44. The monoisotopic (exact) mass is 303 g/mol. The van der Waals surface area contributed by atoms with Crippen LogP contribution in [0.4, 0.5) is 13.2 Å². The van der Waals surface area contributed by atoms with Crippen LogP contribution in [0.1, 0.15) is 11.1 Å². The molecule has 0 bridgehead atoms. The molecule has 0 atom stereocenters. The number of aryl methyl sites for hydroxylation is 1. The fraction of sp³-hybridized carbons (Fsp3) is 0.125. The van der Waals surface area contributed by atoms with Crippen LogP contribution in [-0.4, -0.2) is 15.0 Å². The third kappa shape index (κ3) is 2.72. The van der Waals surface area contributed by atoms with Gasteiger partial charge in [0.2, 0.25) is 0 Å². The second kappa shape index (κ2) is 5.29. The molecule has 0 saturated carbocycles. The maximum absolute atomic E-state index is 12.8. The summed E-state index contributed by atoms with van der Waals surface area (Å²) in [6.07, 6.45) is -2.75. The summed E-state index contributed by atoms with van der Waals surface area (Å²) in [5.74, 6) is 0. The number of nitrogens with zero attached hydrogens (tertiary/aromatic N) is 3. The zero-order chi connectivity index (χ0) is 15.7. The Morgan fingerprint density at radius 3 is 2.50 bits per heavy atom. The third-order valence-electron chi connectivity index (χ3n) is 3.34. The predicted molar refractivity (Wildman–Crippen MR) is 76.5 cm³/mol. The maximum atomic E-state index is 12.8. The third-order valence-corrected chi connectivity index (χ3v) is 3.34. The summed E-state index contributed by atoms with van der Waals surface area (Å²) in [5.41, 5.74) is 1.93. The number of halogens is 3. The Balaban J connectivity index is 2.00. The van der Waals surface area contributed by atoms with E-state index in [0.717, 1.165) is 23.4 Å². The summed E-state index contributed by atoms with van der Waals surface area (Å²) < 4.78 is 39.9. The molecule has 0 saturated heterocycles. The van der Waals surface area contributed by atoms with E-state index in [4.69, 9.17) is 0 Å². The summed E-state index contributed by atoms with van der Waals surface area (Å²) in [6, 6.07) is 12.6. The number of para-hydroxylation sites is 1. The molecular weight excluding hydrogens is 291 g/mol. The molecule has 3 rings (SSSR count). The molecule has 0 N–H and O–H groups in total. The lowest BCUT2D eigenvalue weighted by Crippen LogP contribution is -2.04. The van der Waals surface area contributed by atoms with Crippen molar-refractivity contribution >= 4 is 0 Å². The molecular formula is C16H12F3N3. The molecule has 3 aromatic rings. The van der Waals surface area contributed by atoms with E-state index in [-0.39, 0.29) is 0 Å². The predicted octanol–water partition coefficient (Wildman–Crippen LogP) is 4.26. The Morgan fingerprint density at radius 2 is 1.77 bits per heavy atom. The zero-order valence-electron chi connectivity index (χ0n) is 11.7. The lowest BCUT2D eigenvalue weighted by Gasteiger charge is -2.07. The summed E-state index contributed by atoms with van der Waals surface area (Å²) >= 11 is 0. The van der Waals surface area contributed by atoms with Gasteiger partial charge < -0.3 is 0 Å². The number of alkyl halides is 3. The van der Waals surface area contributed by atoms with Gasteiger partial charge in [0.05, 0.1) is 17.4 Å². The van der Waals surface area contributed by atoms with Gasteiger partial charge >= 0.3 is 6.18 Å². The second-order valence-corrected chi connectivity index (χ2v) is 4.91. The highest BCUT2D eigenvalue weighted by Gasteiger charge is 2.30. The molecule has 22 heavy (non-hydrogen) atoms. The standard InChI is InChI=1S/C16H12F3N3/c1-11-5-2-3-8-15(11)22-10-14(20-21-22)12-6-4-7-13(9-12)16(17,18)19/h2-10H,1H3. The Labute approximate surface area is 125 Å². The topological polar surface area (TPSA) is 30.7 Å². The minimum absolute atomic E-state index is 0.384. The van der Waals surface area contributed by atoms with Crippen LogP contribution in [0.5, 0.6) is 0 Å². The van der Waals surface area contributed by atoms with Gasteiger partial charge in [-0.3, -0.25) is 0 Å². The van der Waals surface area contributed by atoms with Gasteiger partial charge in [-0.2, -0.15) is 13.2 Å². The zero-order valence-corrected chi connectivity index (χ0v) is 11.7. The summed E-state index contributed by atoms with van der Waals surface area (Å²) in [7, 11) is 0. The summed E-state index contributed by atoms with van der Waals surface area (Å²) in [6.45, 7) is 1.93. The highest BCUT2D eigenvalue weighted by molar-refractivity contribution is 5.59. The van der Waals surface area contributed by atoms with Gasteiger partial charge in [0.25, 0.3) is 0 Å². The molecule has 6 heteroatoms. The largest absolute Gasteiger partial charge is 0.416 e. The van der Waals surface area contributed by atoms with E-state index < -0.39 is 11.7 Å². The van der Waals surface area contributed by atoms with E-state index in [1.807, 2.05) is 31.2 Å². The van der Waals surface area contributed by atoms with Gasteiger partial charge in [-0.05, 0) is 30.7 Å². The van der Waals surface area contributed by atoms with Crippen LogP contribution in [0, 0.1) is 6.92 Å². The van der Waals surface area contributed by atoms with Crippen LogP contribution in [0.15, 0.2) is 54.7 Å². The Morgan fingerprint density at radius 1 is 1.00 bits per heavy atom. The first kappa shape index (κ1) is 14.3. The first-order chi connectivity index (χ1) is 10.4. The van der Waals surface area contributed by atoms with Gasteiger partial charge in [0.1, 0.15) is 5.69 Å². The number of benzene rings is 2. The van der Waals surface area contributed by atoms with E-state index >= 15 is 0 Å². The molecule has 1 aromatic heterocycles. The minimum Gasteiger partial charge on any atom is -0.220 e. The van der Waals surface area contributed by atoms with Crippen molar-refractivity contribution in [3.05, 3.63) is 65.9 Å². The van der Waals surface area contributed by atoms with Crippen molar-refractivity contribution in [1.29, 1.82) is 0 Å². The van der Waals surface area contributed by atoms with Crippen molar-refractivity contribution < 1.29 is 13.2 Å². The highest BCUT2D eigenvalue weighted by Crippen LogP contribution is 2.31. The lowest BCUT2D eigenvalue weighted by molar-refractivity contribution is -0.137. The van der Waals surface area contributed by atoms with Crippen molar-refractivity contribution in [1.82, 2.24) is 15.0 Å². The number of aromatic nitrogens is 3. The first-order valence-corrected chi connectivity index (χ1v) is 6.61. The van der Waals surface area contributed by atoms with Crippen LogP contribution in [0.25, 0.3) is 16.9 Å². The molecule has 0 unspecified atom stereocenters. The number of rotatable bonds is 2. The quantitative estimate of drug-likeness (QED) is 0.708. The van der Waals surface area contributed by atoms with Gasteiger partial charge in [0.15, 0.2) is 0 Å². The fourth-order valence-electron chi connectivity index (χ4n) is 2.19.